The van der Waals surface area contributed by atoms with Crippen LogP contribution in [0, 0.1) is 0 Å². The topological polar surface area (TPSA) is 38.0 Å². The summed E-state index contributed by atoms with van der Waals surface area (Å²) in [5, 5.41) is 5.23. The van der Waals surface area contributed by atoms with Crippen molar-refractivity contribution >= 4 is 34.5 Å². The zero-order valence-corrected chi connectivity index (χ0v) is 10.6. The molecule has 0 fully saturated rings. The van der Waals surface area contributed by atoms with Crippen molar-refractivity contribution < 1.29 is 0 Å². The first-order chi connectivity index (χ1) is 7.74. The second-order valence-electron chi connectivity index (χ2n) is 3.29. The van der Waals surface area contributed by atoms with Crippen LogP contribution >= 0.6 is 34.5 Å². The first-order valence-electron chi connectivity index (χ1n) is 4.66. The van der Waals surface area contributed by atoms with Gasteiger partial charge in [-0.05, 0) is 34.5 Å². The Bertz CT molecular complexity index is 451. The third-order valence-electron chi connectivity index (χ3n) is 2.33. The molecule has 2 nitrogen and oxygen atoms in total. The van der Waals surface area contributed by atoms with E-state index in [9.17, 15) is 0 Å². The maximum Gasteiger partial charge on any atom is 0.0747 e. The van der Waals surface area contributed by atoms with Gasteiger partial charge in [-0.3, -0.25) is 5.84 Å². The highest BCUT2D eigenvalue weighted by Crippen LogP contribution is 2.34. The van der Waals surface area contributed by atoms with Crippen LogP contribution in [0.3, 0.4) is 0 Å². The molecule has 0 amide bonds. The molecule has 1 aromatic carbocycles. The second kappa shape index (κ2) is 5.17. The van der Waals surface area contributed by atoms with Crippen LogP contribution in [-0.4, -0.2) is 0 Å². The van der Waals surface area contributed by atoms with Crippen LogP contribution in [0.15, 0.2) is 35.0 Å². The zero-order valence-electron chi connectivity index (χ0n) is 8.28. The van der Waals surface area contributed by atoms with E-state index >= 15 is 0 Å². The highest BCUT2D eigenvalue weighted by atomic mass is 35.5. The van der Waals surface area contributed by atoms with E-state index in [1.54, 1.807) is 23.5 Å². The molecule has 0 radical (unpaired) electrons. The molecule has 0 bridgehead atoms. The Morgan fingerprint density at radius 1 is 1.19 bits per heavy atom. The maximum absolute atomic E-state index is 6.14. The zero-order chi connectivity index (χ0) is 11.5. The fraction of sp³-hybridized carbons (Fsp3) is 0.0909. The molecule has 0 aliphatic rings. The van der Waals surface area contributed by atoms with Gasteiger partial charge in [0, 0.05) is 15.6 Å². The van der Waals surface area contributed by atoms with Gasteiger partial charge < -0.3 is 0 Å². The number of hydrogen-bond acceptors (Lipinski definition) is 3. The quantitative estimate of drug-likeness (QED) is 0.662. The van der Waals surface area contributed by atoms with Crippen molar-refractivity contribution in [2.24, 2.45) is 5.84 Å². The Kier molecular flexibility index (Phi) is 3.84. The van der Waals surface area contributed by atoms with Crippen molar-refractivity contribution in [1.29, 1.82) is 0 Å². The number of benzene rings is 1. The summed E-state index contributed by atoms with van der Waals surface area (Å²) in [5.41, 5.74) is 4.61. The van der Waals surface area contributed by atoms with Gasteiger partial charge in [0.15, 0.2) is 0 Å². The van der Waals surface area contributed by atoms with Gasteiger partial charge in [0.2, 0.25) is 0 Å². The van der Waals surface area contributed by atoms with Crippen molar-refractivity contribution in [2.45, 2.75) is 6.04 Å². The first-order valence-corrected chi connectivity index (χ1v) is 6.36. The maximum atomic E-state index is 6.14. The number of rotatable bonds is 3. The summed E-state index contributed by atoms with van der Waals surface area (Å²) in [6.45, 7) is 0. The van der Waals surface area contributed by atoms with E-state index in [0.717, 1.165) is 11.1 Å². The molecule has 1 atom stereocenters. The van der Waals surface area contributed by atoms with Gasteiger partial charge in [0.1, 0.15) is 0 Å². The largest absolute Gasteiger partial charge is 0.271 e. The number of nitrogens with one attached hydrogen (secondary N) is 1. The van der Waals surface area contributed by atoms with Crippen molar-refractivity contribution in [3.05, 3.63) is 56.2 Å². The number of thiophene rings is 1. The lowest BCUT2D eigenvalue weighted by molar-refractivity contribution is 0.639. The number of nitrogens with two attached hydrogens (primary N) is 1. The minimum absolute atomic E-state index is 0.174. The molecule has 0 saturated carbocycles. The summed E-state index contributed by atoms with van der Waals surface area (Å²) < 4.78 is 0. The molecule has 0 saturated heterocycles. The number of halogens is 2. The second-order valence-corrected chi connectivity index (χ2v) is 4.89. The normalized spacial score (nSPS) is 12.7. The third-order valence-corrected chi connectivity index (χ3v) is 3.69. The molecule has 1 heterocycles. The fourth-order valence-corrected chi connectivity index (χ4v) is 2.87. The number of hydrazine groups is 1. The Labute approximate surface area is 108 Å². The van der Waals surface area contributed by atoms with E-state index in [2.05, 4.69) is 5.43 Å². The average Bonchev–Trinajstić information content (AvgIpc) is 2.77. The number of hydrogen-bond donors (Lipinski definition) is 2. The summed E-state index contributed by atoms with van der Waals surface area (Å²) in [4.78, 5) is 0. The predicted octanol–water partition coefficient (Wildman–Crippen LogP) is 3.61. The van der Waals surface area contributed by atoms with Crippen LogP contribution in [0.25, 0.3) is 0 Å². The summed E-state index contributed by atoms with van der Waals surface area (Å²) in [6, 6.07) is 7.25. The minimum Gasteiger partial charge on any atom is -0.271 e. The minimum atomic E-state index is -0.174. The molecule has 84 valence electrons. The van der Waals surface area contributed by atoms with Crippen LogP contribution in [0.4, 0.5) is 0 Å². The molecule has 2 rings (SSSR count). The summed E-state index contributed by atoms with van der Waals surface area (Å²) >= 11 is 13.9. The van der Waals surface area contributed by atoms with E-state index < -0.39 is 0 Å². The third kappa shape index (κ3) is 2.24. The molecular weight excluding hydrogens is 263 g/mol. The SMILES string of the molecule is NNC(c1ccsc1)c1c(Cl)cccc1Cl. The molecule has 1 aromatic heterocycles. The van der Waals surface area contributed by atoms with Crippen molar-refractivity contribution in [3.63, 3.8) is 0 Å². The lowest BCUT2D eigenvalue weighted by Crippen LogP contribution is -2.29. The molecular formula is C11H10Cl2N2S. The molecule has 16 heavy (non-hydrogen) atoms. The van der Waals surface area contributed by atoms with E-state index in [-0.39, 0.29) is 6.04 Å². The van der Waals surface area contributed by atoms with E-state index in [4.69, 9.17) is 29.0 Å². The molecule has 0 spiro atoms. The van der Waals surface area contributed by atoms with Crippen LogP contribution in [0.2, 0.25) is 10.0 Å². The first kappa shape index (κ1) is 11.9. The van der Waals surface area contributed by atoms with Gasteiger partial charge in [-0.1, -0.05) is 29.3 Å². The molecule has 2 aromatic rings. The molecule has 0 aliphatic heterocycles. The van der Waals surface area contributed by atoms with Crippen molar-refractivity contribution in [3.8, 4) is 0 Å². The highest BCUT2D eigenvalue weighted by molar-refractivity contribution is 7.08. The van der Waals surface area contributed by atoms with Crippen molar-refractivity contribution in [2.75, 3.05) is 0 Å². The summed E-state index contributed by atoms with van der Waals surface area (Å²) in [7, 11) is 0. The van der Waals surface area contributed by atoms with Gasteiger partial charge in [0.05, 0.1) is 6.04 Å². The van der Waals surface area contributed by atoms with Gasteiger partial charge in [-0.25, -0.2) is 5.43 Å². The van der Waals surface area contributed by atoms with Crippen molar-refractivity contribution in [1.82, 2.24) is 5.43 Å². The molecule has 1 unspecified atom stereocenters. The van der Waals surface area contributed by atoms with E-state index in [0.29, 0.717) is 10.0 Å². The summed E-state index contributed by atoms with van der Waals surface area (Å²) in [5.74, 6) is 5.57. The summed E-state index contributed by atoms with van der Waals surface area (Å²) in [6.07, 6.45) is 0. The van der Waals surface area contributed by atoms with Gasteiger partial charge in [-0.15, -0.1) is 0 Å². The standard InChI is InChI=1S/C11H10Cl2N2S/c12-8-2-1-3-9(13)10(8)11(15-14)7-4-5-16-6-7/h1-6,11,15H,14H2. The molecule has 5 heteroatoms. The fourth-order valence-electron chi connectivity index (χ4n) is 1.57. The van der Waals surface area contributed by atoms with Crippen LogP contribution in [0.1, 0.15) is 17.2 Å². The monoisotopic (exact) mass is 272 g/mol. The molecule has 3 N–H and O–H groups in total. The Morgan fingerprint density at radius 2 is 1.88 bits per heavy atom. The van der Waals surface area contributed by atoms with Gasteiger partial charge >= 0.3 is 0 Å². The smallest absolute Gasteiger partial charge is 0.0747 e. The van der Waals surface area contributed by atoms with Gasteiger partial charge in [-0.2, -0.15) is 11.3 Å². The predicted molar refractivity (Wildman–Crippen MR) is 69.9 cm³/mol. The van der Waals surface area contributed by atoms with Crippen LogP contribution in [-0.2, 0) is 0 Å². The Hall–Kier alpha value is -0.580. The Balaban J connectivity index is 2.49. The van der Waals surface area contributed by atoms with E-state index in [1.165, 1.54) is 0 Å². The van der Waals surface area contributed by atoms with E-state index in [1.807, 2.05) is 22.9 Å². The molecule has 0 aliphatic carbocycles. The highest BCUT2D eigenvalue weighted by Gasteiger charge is 2.18. The lowest BCUT2D eigenvalue weighted by atomic mass is 10.0. The lowest BCUT2D eigenvalue weighted by Gasteiger charge is -2.18. The van der Waals surface area contributed by atoms with Crippen LogP contribution in [0.5, 0.6) is 0 Å². The Morgan fingerprint density at radius 3 is 2.38 bits per heavy atom. The average molecular weight is 273 g/mol. The van der Waals surface area contributed by atoms with Crippen LogP contribution < -0.4 is 11.3 Å². The van der Waals surface area contributed by atoms with Gasteiger partial charge in [0.25, 0.3) is 0 Å².